The van der Waals surface area contributed by atoms with Crippen LogP contribution in [0.2, 0.25) is 0 Å². The van der Waals surface area contributed by atoms with Crippen molar-refractivity contribution in [1.29, 1.82) is 0 Å². The molecule has 2 aliphatic rings. The van der Waals surface area contributed by atoms with Gasteiger partial charge in [0.05, 0.1) is 19.3 Å². The first-order chi connectivity index (χ1) is 5.58. The van der Waals surface area contributed by atoms with Crippen molar-refractivity contribution in [2.45, 2.75) is 30.3 Å². The molecule has 1 N–H and O–H groups in total. The molecule has 3 heteroatoms. The Balaban J connectivity index is 2.27. The van der Waals surface area contributed by atoms with Crippen LogP contribution < -0.4 is 0 Å². The van der Waals surface area contributed by atoms with E-state index in [2.05, 4.69) is 0 Å². The second kappa shape index (κ2) is 2.13. The number of fused-ring (bicyclic) bond motifs is 2. The van der Waals surface area contributed by atoms with E-state index in [-0.39, 0.29) is 5.25 Å². The third-order valence-corrected chi connectivity index (χ3v) is 3.60. The van der Waals surface area contributed by atoms with Crippen LogP contribution in [0.25, 0.3) is 0 Å². The monoisotopic (exact) mass is 163 g/mol. The molecule has 5 atom stereocenters. The van der Waals surface area contributed by atoms with Crippen LogP contribution in [-0.2, 0) is 4.74 Å². The van der Waals surface area contributed by atoms with Crippen molar-refractivity contribution in [3.05, 3.63) is 0 Å². The number of ether oxygens (including phenoxy) is 1. The second-order valence-electron chi connectivity index (χ2n) is 2.72. The summed E-state index contributed by atoms with van der Waals surface area (Å²) in [5, 5.41) is 9.59. The zero-order valence-electron chi connectivity index (χ0n) is 7.78. The van der Waals surface area contributed by atoms with Crippen LogP contribution >= 0.6 is 11.8 Å². The van der Waals surface area contributed by atoms with E-state index in [4.69, 9.17) is 7.48 Å². The van der Waals surface area contributed by atoms with Gasteiger partial charge in [-0.15, -0.1) is 0 Å². The molecular formula is C7H12O2S. The summed E-state index contributed by atoms with van der Waals surface area (Å²) in [7, 11) is 0. The molecule has 2 bridgehead atoms. The van der Waals surface area contributed by atoms with E-state index in [1.54, 1.807) is 18.7 Å². The predicted octanol–water partition coefficient (Wildman–Crippen LogP) is 0.642. The molecule has 2 heterocycles. The maximum atomic E-state index is 9.73. The molecule has 10 heavy (non-hydrogen) atoms. The molecule has 0 amide bonds. The second-order valence-corrected chi connectivity index (χ2v) is 3.88. The van der Waals surface area contributed by atoms with Gasteiger partial charge >= 0.3 is 0 Å². The fraction of sp³-hybridized carbons (Fsp3) is 1.00. The van der Waals surface area contributed by atoms with Gasteiger partial charge < -0.3 is 9.84 Å². The van der Waals surface area contributed by atoms with E-state index in [0.717, 1.165) is 0 Å². The highest BCUT2D eigenvalue weighted by atomic mass is 32.2. The Morgan fingerprint density at radius 2 is 3.00 bits per heavy atom. The lowest BCUT2D eigenvalue weighted by atomic mass is 9.97. The lowest BCUT2D eigenvalue weighted by Gasteiger charge is -2.25. The molecule has 0 aromatic heterocycles. The van der Waals surface area contributed by atoms with Crippen LogP contribution in [-0.4, -0.2) is 34.4 Å². The third-order valence-electron chi connectivity index (χ3n) is 2.22. The molecule has 0 aromatic rings. The molecule has 2 fully saturated rings. The van der Waals surface area contributed by atoms with Gasteiger partial charge in [0.1, 0.15) is 5.60 Å². The summed E-state index contributed by atoms with van der Waals surface area (Å²) in [6, 6.07) is 0. The number of hydrogen-bond donors (Lipinski definition) is 1. The lowest BCUT2D eigenvalue weighted by Crippen LogP contribution is -2.38. The quantitative estimate of drug-likeness (QED) is 0.615. The summed E-state index contributed by atoms with van der Waals surface area (Å²) in [5.41, 5.74) is -0.762. The highest BCUT2D eigenvalue weighted by Gasteiger charge is 2.53. The highest BCUT2D eigenvalue weighted by molar-refractivity contribution is 8.00. The fourth-order valence-electron chi connectivity index (χ4n) is 1.41. The van der Waals surface area contributed by atoms with Crippen LogP contribution in [0.1, 0.15) is 16.1 Å². The highest BCUT2D eigenvalue weighted by Crippen LogP contribution is 2.45. The number of aliphatic hydroxyl groups is 1. The maximum Gasteiger partial charge on any atom is 0.104 e. The molecule has 2 aliphatic heterocycles. The van der Waals surface area contributed by atoms with Crippen molar-refractivity contribution < 1.29 is 12.6 Å². The average Bonchev–Trinajstić information content (AvgIpc) is 2.42. The Bertz CT molecular complexity index is 202. The third kappa shape index (κ3) is 0.684. The molecule has 0 spiro atoms. The lowest BCUT2D eigenvalue weighted by molar-refractivity contribution is -0.0393. The summed E-state index contributed by atoms with van der Waals surface area (Å²) < 4.78 is 20.4. The molecule has 58 valence electrons. The first-order valence-electron chi connectivity index (χ1n) is 4.55. The average molecular weight is 163 g/mol. The number of aliphatic hydroxyl groups excluding tert-OH is 1. The van der Waals surface area contributed by atoms with E-state index in [0.29, 0.717) is 5.75 Å². The smallest absolute Gasteiger partial charge is 0.104 e. The van der Waals surface area contributed by atoms with E-state index < -0.39 is 24.7 Å². The molecule has 2 rings (SSSR count). The van der Waals surface area contributed by atoms with Crippen molar-refractivity contribution in [3.8, 4) is 0 Å². The van der Waals surface area contributed by atoms with Crippen molar-refractivity contribution in [1.82, 2.24) is 0 Å². The summed E-state index contributed by atoms with van der Waals surface area (Å²) in [6.45, 7) is 1.07. The van der Waals surface area contributed by atoms with Crippen molar-refractivity contribution in [2.24, 2.45) is 0 Å². The van der Waals surface area contributed by atoms with Crippen molar-refractivity contribution >= 4 is 11.8 Å². The van der Waals surface area contributed by atoms with Crippen molar-refractivity contribution in [3.63, 3.8) is 0 Å². The van der Waals surface area contributed by atoms with Gasteiger partial charge in [-0.2, -0.15) is 11.8 Å². The van der Waals surface area contributed by atoms with Gasteiger partial charge in [-0.05, 0) is 6.40 Å². The van der Waals surface area contributed by atoms with Crippen LogP contribution in [0.5, 0.6) is 0 Å². The normalized spacial score (nSPS) is 65.6. The molecule has 2 saturated heterocycles. The number of thioether (sulfide) groups is 1. The van der Waals surface area contributed by atoms with E-state index in [1.807, 2.05) is 0 Å². The van der Waals surface area contributed by atoms with Gasteiger partial charge in [-0.1, -0.05) is 6.92 Å². The Morgan fingerprint density at radius 1 is 2.20 bits per heavy atom. The minimum absolute atomic E-state index is 0.141. The molecular weight excluding hydrogens is 148 g/mol. The predicted molar refractivity (Wildman–Crippen MR) is 41.2 cm³/mol. The molecule has 0 saturated carbocycles. The molecule has 0 aromatic carbocycles. The Hall–Kier alpha value is 0.270. The number of hydrogen-bond acceptors (Lipinski definition) is 3. The van der Waals surface area contributed by atoms with E-state index in [9.17, 15) is 5.11 Å². The Kier molecular flexibility index (Phi) is 1.07. The van der Waals surface area contributed by atoms with Crippen LogP contribution in [0.3, 0.4) is 0 Å². The van der Waals surface area contributed by atoms with Gasteiger partial charge in [0.25, 0.3) is 0 Å². The minimum Gasteiger partial charge on any atom is -0.389 e. The summed E-state index contributed by atoms with van der Waals surface area (Å²) in [5.74, 6) is 0.652. The number of rotatable bonds is 1. The fourth-order valence-corrected chi connectivity index (χ4v) is 2.82. The first-order valence-corrected chi connectivity index (χ1v) is 4.45. The van der Waals surface area contributed by atoms with Gasteiger partial charge in [0.15, 0.2) is 0 Å². The topological polar surface area (TPSA) is 29.5 Å². The Morgan fingerprint density at radius 3 is 3.30 bits per heavy atom. The molecule has 0 radical (unpaired) electrons. The van der Waals surface area contributed by atoms with Crippen LogP contribution in [0.15, 0.2) is 0 Å². The van der Waals surface area contributed by atoms with Gasteiger partial charge in [0.2, 0.25) is 0 Å². The largest absolute Gasteiger partial charge is 0.389 e. The van der Waals surface area contributed by atoms with Crippen molar-refractivity contribution in [2.75, 3.05) is 12.3 Å². The van der Waals surface area contributed by atoms with Gasteiger partial charge in [-0.25, -0.2) is 0 Å². The summed E-state index contributed by atoms with van der Waals surface area (Å²) in [4.78, 5) is 0. The van der Waals surface area contributed by atoms with Crippen LogP contribution in [0, 0.1) is 0 Å². The van der Waals surface area contributed by atoms with Crippen LogP contribution in [0.4, 0.5) is 0 Å². The standard InChI is InChI=1S/C7H12O2S/c1-2-7-4-10-5(3-9-7)6(7)8/h5-6,8H,2-4H2,1H3/t5-,6-,7-/m0/s1/i2D,3T/t2-,3-,5-,6-,7-. The van der Waals surface area contributed by atoms with E-state index in [1.165, 1.54) is 0 Å². The van der Waals surface area contributed by atoms with E-state index >= 15 is 0 Å². The SMILES string of the molecule is [2H][C@@H](C)[C@@]12CS[C@@H]([C@H]([3H])O1)[C@@H]2O. The summed E-state index contributed by atoms with van der Waals surface area (Å²) >= 11 is 1.55. The zero-order valence-corrected chi connectivity index (χ0v) is 6.60. The minimum atomic E-state index is -0.762. The summed E-state index contributed by atoms with van der Waals surface area (Å²) in [6.07, 6.45) is -1.09. The molecule has 2 nitrogen and oxygen atoms in total. The Labute approximate surface area is 67.8 Å². The maximum absolute atomic E-state index is 9.73. The van der Waals surface area contributed by atoms with Gasteiger partial charge in [0, 0.05) is 7.12 Å². The zero-order chi connectivity index (χ0) is 8.93. The first kappa shape index (κ1) is 5.01. The molecule has 0 unspecified atom stereocenters. The van der Waals surface area contributed by atoms with Gasteiger partial charge in [-0.3, -0.25) is 0 Å². The molecule has 0 aliphatic carbocycles.